The van der Waals surface area contributed by atoms with E-state index in [4.69, 9.17) is 4.74 Å². The van der Waals surface area contributed by atoms with Gasteiger partial charge in [0.25, 0.3) is 0 Å². The quantitative estimate of drug-likeness (QED) is 0.309. The first kappa shape index (κ1) is 24.3. The third kappa shape index (κ3) is 5.80. The topological polar surface area (TPSA) is 62.4 Å². The van der Waals surface area contributed by atoms with Crippen molar-refractivity contribution in [3.8, 4) is 0 Å². The van der Waals surface area contributed by atoms with Crippen LogP contribution in [0.4, 0.5) is 0 Å². The maximum absolute atomic E-state index is 12.7. The third-order valence-electron chi connectivity index (χ3n) is 6.28. The first-order chi connectivity index (χ1) is 16.6. The fourth-order valence-corrected chi connectivity index (χ4v) is 6.43. The number of allylic oxidation sites excluding steroid dienone is 1. The van der Waals surface area contributed by atoms with Crippen LogP contribution < -0.4 is 4.46 Å². The number of hydrogen-bond acceptors (Lipinski definition) is 3. The number of benzene rings is 2. The Morgan fingerprint density at radius 2 is 1.85 bits per heavy atom. The number of aromatic amines is 1. The summed E-state index contributed by atoms with van der Waals surface area (Å²) in [6.45, 7) is 4.67. The molecule has 1 aliphatic heterocycles. The van der Waals surface area contributed by atoms with Gasteiger partial charge in [-0.15, -0.1) is 0 Å². The minimum absolute atomic E-state index is 0.178. The Bertz CT molecular complexity index is 1170. The van der Waals surface area contributed by atoms with E-state index in [1.165, 1.54) is 10.0 Å². The molecule has 1 amide bonds. The summed E-state index contributed by atoms with van der Waals surface area (Å²) < 4.78 is 6.69. The van der Waals surface area contributed by atoms with Gasteiger partial charge >= 0.3 is 194 Å². The average Bonchev–Trinajstić information content (AvgIpc) is 3.23. The summed E-state index contributed by atoms with van der Waals surface area (Å²) in [7, 11) is 0. The van der Waals surface area contributed by atoms with Crippen LogP contribution in [0.25, 0.3) is 10.9 Å². The normalized spacial score (nSPS) is 14.8. The number of esters is 1. The second kappa shape index (κ2) is 11.5. The molecule has 2 aromatic carbocycles. The molecule has 1 unspecified atom stereocenters. The van der Waals surface area contributed by atoms with E-state index in [2.05, 4.69) is 47.6 Å². The summed E-state index contributed by atoms with van der Waals surface area (Å²) in [6, 6.07) is 18.7. The summed E-state index contributed by atoms with van der Waals surface area (Å²) >= 11 is 0.455. The van der Waals surface area contributed by atoms with Crippen molar-refractivity contribution >= 4 is 42.2 Å². The molecule has 178 valence electrons. The van der Waals surface area contributed by atoms with E-state index in [0.717, 1.165) is 40.3 Å². The summed E-state index contributed by atoms with van der Waals surface area (Å²) in [5.41, 5.74) is 4.35. The molecule has 1 atom stereocenters. The molecule has 0 saturated carbocycles. The van der Waals surface area contributed by atoms with Crippen molar-refractivity contribution in [1.29, 1.82) is 0 Å². The number of hydrogen-bond donors (Lipinski definition) is 1. The SMILES string of the molecule is CCOC(=O)C(C)c1[nH]c2ccccc2c1CCN1C=C(CC[Se]c2ccccc2)CCC1=O. The van der Waals surface area contributed by atoms with Crippen molar-refractivity contribution in [2.75, 3.05) is 13.2 Å². The molecule has 0 saturated heterocycles. The Labute approximate surface area is 207 Å². The third-order valence-corrected chi connectivity index (χ3v) is 8.40. The number of para-hydroxylation sites is 1. The molecule has 0 spiro atoms. The molecule has 0 bridgehead atoms. The Kier molecular flexibility index (Phi) is 8.25. The van der Waals surface area contributed by atoms with Gasteiger partial charge in [0.2, 0.25) is 0 Å². The van der Waals surface area contributed by atoms with Crippen molar-refractivity contribution in [3.05, 3.63) is 77.6 Å². The number of amides is 1. The summed E-state index contributed by atoms with van der Waals surface area (Å²) in [5, 5.41) is 2.25. The number of nitrogens with one attached hydrogen (secondary N) is 1. The van der Waals surface area contributed by atoms with Crippen LogP contribution in [0.15, 0.2) is 66.4 Å². The molecule has 34 heavy (non-hydrogen) atoms. The van der Waals surface area contributed by atoms with Crippen LogP contribution in [0.5, 0.6) is 0 Å². The molecular formula is C28H32N2O3Se. The molecule has 1 aromatic heterocycles. The van der Waals surface area contributed by atoms with Gasteiger partial charge in [0.1, 0.15) is 0 Å². The number of H-pyrrole nitrogens is 1. The average molecular weight is 524 g/mol. The Balaban J connectivity index is 1.46. The Morgan fingerprint density at radius 3 is 2.65 bits per heavy atom. The standard InChI is InChI=1S/C28H32N2O3Se/c1-3-33-28(32)20(2)27-24(23-11-7-8-12-25(23)29-27)15-17-30-19-21(13-14-26(30)31)16-18-34-22-9-5-4-6-10-22/h4-12,19-20,29H,3,13-18H2,1-2H3. The second-order valence-corrected chi connectivity index (χ2v) is 11.0. The van der Waals surface area contributed by atoms with Crippen LogP contribution in [-0.4, -0.2) is 49.9 Å². The molecule has 4 rings (SSSR count). The van der Waals surface area contributed by atoms with Gasteiger partial charge in [-0.1, -0.05) is 0 Å². The molecule has 5 nitrogen and oxygen atoms in total. The van der Waals surface area contributed by atoms with Gasteiger partial charge in [0, 0.05) is 0 Å². The zero-order valence-electron chi connectivity index (χ0n) is 19.9. The fraction of sp³-hybridized carbons (Fsp3) is 0.357. The van der Waals surface area contributed by atoms with Gasteiger partial charge in [-0.3, -0.25) is 0 Å². The van der Waals surface area contributed by atoms with Crippen LogP contribution in [0.2, 0.25) is 5.32 Å². The molecule has 3 aromatic rings. The van der Waals surface area contributed by atoms with Crippen molar-refractivity contribution in [2.24, 2.45) is 0 Å². The number of rotatable bonds is 10. The van der Waals surface area contributed by atoms with E-state index in [1.54, 1.807) is 0 Å². The number of carbonyl (C=O) groups excluding carboxylic acids is 2. The van der Waals surface area contributed by atoms with Crippen molar-refractivity contribution in [1.82, 2.24) is 9.88 Å². The fourth-order valence-electron chi connectivity index (χ4n) is 4.44. The molecular weight excluding hydrogens is 491 g/mol. The Hall–Kier alpha value is -2.82. The van der Waals surface area contributed by atoms with E-state index in [1.807, 2.05) is 36.9 Å². The van der Waals surface area contributed by atoms with Crippen molar-refractivity contribution in [2.45, 2.75) is 50.8 Å². The Morgan fingerprint density at radius 1 is 1.09 bits per heavy atom. The van der Waals surface area contributed by atoms with E-state index < -0.39 is 0 Å². The van der Waals surface area contributed by atoms with E-state index >= 15 is 0 Å². The van der Waals surface area contributed by atoms with Gasteiger partial charge in [0.05, 0.1) is 6.61 Å². The van der Waals surface area contributed by atoms with Gasteiger partial charge in [0.15, 0.2) is 0 Å². The van der Waals surface area contributed by atoms with Gasteiger partial charge in [-0.05, 0) is 6.92 Å². The van der Waals surface area contributed by atoms with E-state index in [-0.39, 0.29) is 17.8 Å². The van der Waals surface area contributed by atoms with E-state index in [0.29, 0.717) is 41.0 Å². The second-order valence-electron chi connectivity index (χ2n) is 8.57. The number of fused-ring (bicyclic) bond motifs is 1. The van der Waals surface area contributed by atoms with Gasteiger partial charge < -0.3 is 0 Å². The maximum atomic E-state index is 12.7. The molecule has 0 fully saturated rings. The molecule has 0 aliphatic carbocycles. The number of carbonyl (C=O) groups is 2. The molecule has 1 aliphatic rings. The van der Waals surface area contributed by atoms with Crippen LogP contribution in [0, 0.1) is 0 Å². The summed E-state index contributed by atoms with van der Waals surface area (Å²) in [6.07, 6.45) is 5.24. The molecule has 6 heteroatoms. The first-order valence-corrected chi connectivity index (χ1v) is 14.1. The van der Waals surface area contributed by atoms with Crippen LogP contribution in [0.3, 0.4) is 0 Å². The predicted octanol–water partition coefficient (Wildman–Crippen LogP) is 4.72. The van der Waals surface area contributed by atoms with Crippen LogP contribution in [-0.2, 0) is 20.7 Å². The number of ether oxygens (including phenoxy) is 1. The zero-order chi connectivity index (χ0) is 23.9. The molecule has 2 heterocycles. The van der Waals surface area contributed by atoms with E-state index in [9.17, 15) is 9.59 Å². The predicted molar refractivity (Wildman–Crippen MR) is 137 cm³/mol. The monoisotopic (exact) mass is 524 g/mol. The van der Waals surface area contributed by atoms with Crippen molar-refractivity contribution in [3.63, 3.8) is 0 Å². The number of aromatic nitrogens is 1. The minimum atomic E-state index is -0.384. The summed E-state index contributed by atoms with van der Waals surface area (Å²) in [4.78, 5) is 30.5. The molecule has 1 N–H and O–H groups in total. The summed E-state index contributed by atoms with van der Waals surface area (Å²) in [5.74, 6) is -0.435. The number of nitrogens with zero attached hydrogens (tertiary/aromatic N) is 1. The van der Waals surface area contributed by atoms with Gasteiger partial charge in [-0.25, -0.2) is 0 Å². The van der Waals surface area contributed by atoms with Crippen LogP contribution in [0.1, 0.15) is 50.3 Å². The zero-order valence-corrected chi connectivity index (χ0v) is 21.6. The van der Waals surface area contributed by atoms with Crippen LogP contribution >= 0.6 is 0 Å². The van der Waals surface area contributed by atoms with Gasteiger partial charge in [-0.2, -0.15) is 0 Å². The molecule has 0 radical (unpaired) electrons. The van der Waals surface area contributed by atoms with Crippen molar-refractivity contribution < 1.29 is 14.3 Å². The first-order valence-electron chi connectivity index (χ1n) is 12.0.